The van der Waals surface area contributed by atoms with Crippen molar-refractivity contribution in [3.8, 4) is 0 Å². The number of hydrogen-bond donors (Lipinski definition) is 0. The second-order valence-corrected chi connectivity index (χ2v) is 9.50. The van der Waals surface area contributed by atoms with Gasteiger partial charge in [-0.1, -0.05) is 13.8 Å². The Morgan fingerprint density at radius 1 is 1.08 bits per heavy atom. The van der Waals surface area contributed by atoms with Crippen molar-refractivity contribution in [2.75, 3.05) is 32.7 Å². The fraction of sp³-hybridized carbons (Fsp3) is 0.947. The van der Waals surface area contributed by atoms with Crippen LogP contribution in [-0.4, -0.2) is 65.4 Å². The first-order valence-corrected chi connectivity index (χ1v) is 9.51. The lowest BCUT2D eigenvalue weighted by molar-refractivity contribution is -0.188. The molecule has 0 aromatic rings. The normalized spacial score (nSPS) is 26.2. The Kier molecular flexibility index (Phi) is 4.63. The van der Waals surface area contributed by atoms with Gasteiger partial charge in [-0.05, 0) is 52.4 Å². The van der Waals surface area contributed by atoms with Crippen molar-refractivity contribution in [3.63, 3.8) is 0 Å². The number of likely N-dealkylation sites (tertiary alicyclic amines) is 1. The molecule has 0 bridgehead atoms. The van der Waals surface area contributed by atoms with Gasteiger partial charge in [-0.3, -0.25) is 4.90 Å². The van der Waals surface area contributed by atoms with Gasteiger partial charge in [-0.25, -0.2) is 4.79 Å². The molecule has 0 radical (unpaired) electrons. The van der Waals surface area contributed by atoms with Crippen molar-refractivity contribution in [3.05, 3.63) is 0 Å². The van der Waals surface area contributed by atoms with Crippen molar-refractivity contribution in [2.24, 2.45) is 5.92 Å². The van der Waals surface area contributed by atoms with Crippen LogP contribution in [0.2, 0.25) is 0 Å². The average molecular weight is 338 g/mol. The molecule has 0 aromatic carbocycles. The third-order valence-electron chi connectivity index (χ3n) is 5.21. The van der Waals surface area contributed by atoms with Crippen LogP contribution in [0.4, 0.5) is 4.79 Å². The van der Waals surface area contributed by atoms with Crippen molar-refractivity contribution in [2.45, 2.75) is 77.1 Å². The minimum Gasteiger partial charge on any atom is -0.444 e. The second-order valence-electron chi connectivity index (χ2n) is 9.50. The van der Waals surface area contributed by atoms with Crippen molar-refractivity contribution >= 4 is 6.09 Å². The second kappa shape index (κ2) is 6.17. The van der Waals surface area contributed by atoms with Gasteiger partial charge < -0.3 is 14.4 Å². The average Bonchev–Trinajstić information content (AvgIpc) is 3.14. The molecule has 2 heterocycles. The zero-order chi connectivity index (χ0) is 17.6. The molecule has 24 heavy (non-hydrogen) atoms. The number of carbonyl (C=O) groups is 1. The molecule has 3 aliphatic rings. The summed E-state index contributed by atoms with van der Waals surface area (Å²) in [7, 11) is 0. The summed E-state index contributed by atoms with van der Waals surface area (Å²) < 4.78 is 12.1. The van der Waals surface area contributed by atoms with Crippen LogP contribution >= 0.6 is 0 Å². The van der Waals surface area contributed by atoms with Crippen molar-refractivity contribution < 1.29 is 14.3 Å². The molecule has 3 rings (SSSR count). The molecule has 2 saturated heterocycles. The lowest BCUT2D eigenvalue weighted by atomic mass is 9.88. The van der Waals surface area contributed by atoms with Gasteiger partial charge in [0, 0.05) is 32.7 Å². The van der Waals surface area contributed by atoms with E-state index in [2.05, 4.69) is 18.7 Å². The SMILES string of the molecule is CC(C)CN1CC2(CCN(C(=O)OC(C)(C)C)CC2)OC2(CC2)C1. The van der Waals surface area contributed by atoms with Crippen molar-refractivity contribution in [1.29, 1.82) is 0 Å². The van der Waals surface area contributed by atoms with Gasteiger partial charge in [-0.15, -0.1) is 0 Å². The Hall–Kier alpha value is -0.810. The highest BCUT2D eigenvalue weighted by atomic mass is 16.6. The van der Waals surface area contributed by atoms with Gasteiger partial charge in [0.05, 0.1) is 11.2 Å². The number of nitrogens with zero attached hydrogens (tertiary/aromatic N) is 2. The lowest BCUT2D eigenvalue weighted by Crippen LogP contribution is -2.61. The highest BCUT2D eigenvalue weighted by molar-refractivity contribution is 5.68. The maximum absolute atomic E-state index is 12.3. The fourth-order valence-electron chi connectivity index (χ4n) is 4.12. The molecule has 5 nitrogen and oxygen atoms in total. The van der Waals surface area contributed by atoms with E-state index in [1.54, 1.807) is 0 Å². The van der Waals surface area contributed by atoms with Gasteiger partial charge in [0.2, 0.25) is 0 Å². The molecule has 0 atom stereocenters. The van der Waals surface area contributed by atoms with Crippen LogP contribution in [0.25, 0.3) is 0 Å². The van der Waals surface area contributed by atoms with Gasteiger partial charge in [0.1, 0.15) is 5.60 Å². The minimum absolute atomic E-state index is 0.0673. The molecule has 2 spiro atoms. The predicted octanol–water partition coefficient (Wildman–Crippen LogP) is 3.28. The van der Waals surface area contributed by atoms with Gasteiger partial charge in [0.15, 0.2) is 0 Å². The Labute approximate surface area is 146 Å². The van der Waals surface area contributed by atoms with E-state index < -0.39 is 5.60 Å². The first kappa shape index (κ1) is 18.0. The summed E-state index contributed by atoms with van der Waals surface area (Å²) in [4.78, 5) is 16.7. The quantitative estimate of drug-likeness (QED) is 0.775. The molecule has 1 aliphatic carbocycles. The van der Waals surface area contributed by atoms with Crippen LogP contribution in [0.15, 0.2) is 0 Å². The topological polar surface area (TPSA) is 42.0 Å². The Bertz CT molecular complexity index is 471. The van der Waals surface area contributed by atoms with E-state index in [0.717, 1.165) is 45.6 Å². The molecule has 3 fully saturated rings. The summed E-state index contributed by atoms with van der Waals surface area (Å²) in [6, 6.07) is 0. The third kappa shape index (κ3) is 4.23. The summed E-state index contributed by atoms with van der Waals surface area (Å²) in [5, 5.41) is 0. The molecule has 2 aliphatic heterocycles. The first-order valence-electron chi connectivity index (χ1n) is 9.51. The number of carbonyl (C=O) groups excluding carboxylic acids is 1. The van der Waals surface area contributed by atoms with Gasteiger partial charge in [0.25, 0.3) is 0 Å². The largest absolute Gasteiger partial charge is 0.444 e. The third-order valence-corrected chi connectivity index (χ3v) is 5.21. The number of hydrogen-bond acceptors (Lipinski definition) is 4. The van der Waals surface area contributed by atoms with Gasteiger partial charge in [-0.2, -0.15) is 0 Å². The molecular weight excluding hydrogens is 304 g/mol. The maximum Gasteiger partial charge on any atom is 0.410 e. The molecule has 5 heteroatoms. The first-order chi connectivity index (χ1) is 11.1. The number of rotatable bonds is 2. The maximum atomic E-state index is 12.3. The van der Waals surface area contributed by atoms with E-state index in [-0.39, 0.29) is 17.3 Å². The van der Waals surface area contributed by atoms with Crippen LogP contribution in [0.5, 0.6) is 0 Å². The highest BCUT2D eigenvalue weighted by Crippen LogP contribution is 2.49. The molecule has 138 valence electrons. The van der Waals surface area contributed by atoms with E-state index in [0.29, 0.717) is 5.92 Å². The zero-order valence-corrected chi connectivity index (χ0v) is 16.1. The van der Waals surface area contributed by atoms with Crippen LogP contribution in [0, 0.1) is 5.92 Å². The minimum atomic E-state index is -0.431. The van der Waals surface area contributed by atoms with Gasteiger partial charge >= 0.3 is 6.09 Å². The summed E-state index contributed by atoms with van der Waals surface area (Å²) in [5.41, 5.74) is -0.386. The van der Waals surface area contributed by atoms with E-state index >= 15 is 0 Å². The molecule has 0 N–H and O–H groups in total. The molecule has 0 aromatic heterocycles. The summed E-state index contributed by atoms with van der Waals surface area (Å²) in [6.45, 7) is 15.0. The monoisotopic (exact) mass is 338 g/mol. The van der Waals surface area contributed by atoms with Crippen LogP contribution in [0.3, 0.4) is 0 Å². The Morgan fingerprint density at radius 3 is 2.08 bits per heavy atom. The van der Waals surface area contributed by atoms with E-state index in [4.69, 9.17) is 9.47 Å². The van der Waals surface area contributed by atoms with E-state index in [1.165, 1.54) is 12.8 Å². The predicted molar refractivity (Wildman–Crippen MR) is 94.1 cm³/mol. The van der Waals surface area contributed by atoms with E-state index in [1.807, 2.05) is 25.7 Å². The smallest absolute Gasteiger partial charge is 0.410 e. The molecule has 0 unspecified atom stereocenters. The number of amides is 1. The summed E-state index contributed by atoms with van der Waals surface area (Å²) >= 11 is 0. The number of piperidine rings is 1. The van der Waals surface area contributed by atoms with Crippen LogP contribution in [-0.2, 0) is 9.47 Å². The molecule has 1 saturated carbocycles. The molecular formula is C19H34N2O3. The lowest BCUT2D eigenvalue weighted by Gasteiger charge is -2.50. The van der Waals surface area contributed by atoms with Crippen molar-refractivity contribution in [1.82, 2.24) is 9.80 Å². The standard InChI is InChI=1S/C19H34N2O3/c1-15(2)12-20-13-18(6-7-18)24-19(14-20)8-10-21(11-9-19)16(22)23-17(3,4)5/h15H,6-14H2,1-5H3. The van der Waals surface area contributed by atoms with Crippen LogP contribution in [0.1, 0.15) is 60.3 Å². The summed E-state index contributed by atoms with van der Waals surface area (Å²) in [6.07, 6.45) is 4.04. The fourth-order valence-corrected chi connectivity index (χ4v) is 4.12. The number of morpholine rings is 1. The Balaban J connectivity index is 1.60. The number of ether oxygens (including phenoxy) is 2. The molecule has 1 amide bonds. The van der Waals surface area contributed by atoms with E-state index in [9.17, 15) is 4.79 Å². The zero-order valence-electron chi connectivity index (χ0n) is 16.1. The Morgan fingerprint density at radius 2 is 1.62 bits per heavy atom. The highest BCUT2D eigenvalue weighted by Gasteiger charge is 2.56. The van der Waals surface area contributed by atoms with Crippen LogP contribution < -0.4 is 0 Å². The summed E-state index contributed by atoms with van der Waals surface area (Å²) in [5.74, 6) is 0.679.